The minimum atomic E-state index is 0.400. The molecule has 0 spiro atoms. The Morgan fingerprint density at radius 1 is 1.06 bits per heavy atom. The predicted octanol–water partition coefficient (Wildman–Crippen LogP) is 3.37. The highest BCUT2D eigenvalue weighted by molar-refractivity contribution is 5.57. The Labute approximate surface area is 111 Å². The zero-order chi connectivity index (χ0) is 13.7. The van der Waals surface area contributed by atoms with Crippen LogP contribution in [0.3, 0.4) is 0 Å². The number of rotatable bonds is 6. The summed E-state index contributed by atoms with van der Waals surface area (Å²) in [6.45, 7) is 13.7. The monoisotopic (exact) mass is 250 g/mol. The molecule has 0 bridgehead atoms. The highest BCUT2D eigenvalue weighted by Crippen LogP contribution is 2.21. The van der Waals surface area contributed by atoms with Crippen LogP contribution in [0.1, 0.15) is 45.5 Å². The summed E-state index contributed by atoms with van der Waals surface area (Å²) in [5.41, 5.74) is 1.10. The highest BCUT2D eigenvalue weighted by Gasteiger charge is 2.13. The van der Waals surface area contributed by atoms with Gasteiger partial charge in [-0.25, -0.2) is 9.97 Å². The molecule has 4 heteroatoms. The lowest BCUT2D eigenvalue weighted by molar-refractivity contribution is 0.557. The summed E-state index contributed by atoms with van der Waals surface area (Å²) in [6.07, 6.45) is 1.09. The number of hydrogen-bond donors (Lipinski definition) is 2. The van der Waals surface area contributed by atoms with E-state index < -0.39 is 0 Å². The van der Waals surface area contributed by atoms with Crippen LogP contribution in [-0.2, 0) is 0 Å². The van der Waals surface area contributed by atoms with Gasteiger partial charge in [-0.1, -0.05) is 20.8 Å². The molecule has 1 unspecified atom stereocenters. The van der Waals surface area contributed by atoms with Crippen molar-refractivity contribution in [1.29, 1.82) is 0 Å². The Kier molecular flexibility index (Phi) is 5.38. The van der Waals surface area contributed by atoms with Crippen molar-refractivity contribution in [3.8, 4) is 0 Å². The van der Waals surface area contributed by atoms with Crippen molar-refractivity contribution in [2.75, 3.05) is 17.2 Å². The standard InChI is InChI=1S/C14H26N4/c1-7-8-15-13-10(4)14(18-12(6)17-13)16-11(5)9(2)3/h9,11H,7-8H2,1-6H3,(H2,15,16,17,18). The molecule has 0 aliphatic carbocycles. The van der Waals surface area contributed by atoms with Crippen molar-refractivity contribution in [2.45, 2.75) is 54.0 Å². The second kappa shape index (κ2) is 6.57. The molecule has 1 heterocycles. The smallest absolute Gasteiger partial charge is 0.134 e. The van der Waals surface area contributed by atoms with Gasteiger partial charge in [0.2, 0.25) is 0 Å². The van der Waals surface area contributed by atoms with E-state index in [4.69, 9.17) is 0 Å². The molecule has 2 N–H and O–H groups in total. The van der Waals surface area contributed by atoms with Gasteiger partial charge in [0.15, 0.2) is 0 Å². The van der Waals surface area contributed by atoms with Gasteiger partial charge in [0.25, 0.3) is 0 Å². The maximum Gasteiger partial charge on any atom is 0.134 e. The molecule has 0 saturated carbocycles. The molecular formula is C14H26N4. The van der Waals surface area contributed by atoms with Gasteiger partial charge in [-0.15, -0.1) is 0 Å². The second-order valence-corrected chi connectivity index (χ2v) is 5.20. The van der Waals surface area contributed by atoms with Crippen molar-refractivity contribution in [3.63, 3.8) is 0 Å². The first-order chi connectivity index (χ1) is 8.45. The molecule has 1 aromatic rings. The molecule has 0 radical (unpaired) electrons. The van der Waals surface area contributed by atoms with Gasteiger partial charge < -0.3 is 10.6 Å². The van der Waals surface area contributed by atoms with Crippen LogP contribution >= 0.6 is 0 Å². The van der Waals surface area contributed by atoms with E-state index in [0.29, 0.717) is 12.0 Å². The number of aromatic nitrogens is 2. The summed E-state index contributed by atoms with van der Waals surface area (Å²) in [5.74, 6) is 3.27. The Morgan fingerprint density at radius 3 is 2.22 bits per heavy atom. The Hall–Kier alpha value is -1.32. The molecule has 0 amide bonds. The first kappa shape index (κ1) is 14.7. The SMILES string of the molecule is CCCNc1nc(C)nc(NC(C)C(C)C)c1C. The number of hydrogen-bond acceptors (Lipinski definition) is 4. The summed E-state index contributed by atoms with van der Waals surface area (Å²) in [4.78, 5) is 8.96. The van der Waals surface area contributed by atoms with E-state index in [2.05, 4.69) is 55.2 Å². The van der Waals surface area contributed by atoms with Crippen LogP contribution in [0, 0.1) is 19.8 Å². The van der Waals surface area contributed by atoms with E-state index in [0.717, 1.165) is 36.0 Å². The fourth-order valence-electron chi connectivity index (χ4n) is 1.57. The number of nitrogens with zero attached hydrogens (tertiary/aromatic N) is 2. The van der Waals surface area contributed by atoms with E-state index >= 15 is 0 Å². The quantitative estimate of drug-likeness (QED) is 0.812. The molecule has 4 nitrogen and oxygen atoms in total. The van der Waals surface area contributed by atoms with Crippen LogP contribution in [0.25, 0.3) is 0 Å². The van der Waals surface area contributed by atoms with Gasteiger partial charge in [0.1, 0.15) is 17.5 Å². The van der Waals surface area contributed by atoms with Crippen LogP contribution in [0.2, 0.25) is 0 Å². The zero-order valence-corrected chi connectivity index (χ0v) is 12.5. The summed E-state index contributed by atoms with van der Waals surface area (Å²) in [6, 6.07) is 0.400. The van der Waals surface area contributed by atoms with Crippen molar-refractivity contribution in [3.05, 3.63) is 11.4 Å². The average Bonchev–Trinajstić information content (AvgIpc) is 2.31. The zero-order valence-electron chi connectivity index (χ0n) is 12.5. The molecular weight excluding hydrogens is 224 g/mol. The second-order valence-electron chi connectivity index (χ2n) is 5.20. The Morgan fingerprint density at radius 2 is 1.67 bits per heavy atom. The molecule has 1 aromatic heterocycles. The van der Waals surface area contributed by atoms with Crippen molar-refractivity contribution in [2.24, 2.45) is 5.92 Å². The summed E-state index contributed by atoms with van der Waals surface area (Å²) in [5, 5.41) is 6.83. The van der Waals surface area contributed by atoms with E-state index in [-0.39, 0.29) is 0 Å². The van der Waals surface area contributed by atoms with E-state index in [1.807, 2.05) is 6.92 Å². The van der Waals surface area contributed by atoms with E-state index in [1.54, 1.807) is 0 Å². The van der Waals surface area contributed by atoms with Crippen molar-refractivity contribution >= 4 is 11.6 Å². The van der Waals surface area contributed by atoms with Crippen LogP contribution in [0.15, 0.2) is 0 Å². The van der Waals surface area contributed by atoms with Gasteiger partial charge in [0.05, 0.1) is 0 Å². The fourth-order valence-corrected chi connectivity index (χ4v) is 1.57. The third kappa shape index (κ3) is 3.86. The summed E-state index contributed by atoms with van der Waals surface area (Å²) < 4.78 is 0. The van der Waals surface area contributed by atoms with Crippen LogP contribution in [0.5, 0.6) is 0 Å². The third-order valence-corrected chi connectivity index (χ3v) is 3.16. The van der Waals surface area contributed by atoms with Crippen LogP contribution in [0.4, 0.5) is 11.6 Å². The summed E-state index contributed by atoms with van der Waals surface area (Å²) >= 11 is 0. The van der Waals surface area contributed by atoms with Crippen molar-refractivity contribution in [1.82, 2.24) is 9.97 Å². The van der Waals surface area contributed by atoms with Crippen LogP contribution in [-0.4, -0.2) is 22.6 Å². The van der Waals surface area contributed by atoms with Gasteiger partial charge in [0, 0.05) is 18.2 Å². The molecule has 18 heavy (non-hydrogen) atoms. The lowest BCUT2D eigenvalue weighted by Crippen LogP contribution is -2.23. The normalized spacial score (nSPS) is 12.6. The molecule has 0 fully saturated rings. The largest absolute Gasteiger partial charge is 0.370 e. The molecule has 0 saturated heterocycles. The lowest BCUT2D eigenvalue weighted by Gasteiger charge is -2.21. The molecule has 1 rings (SSSR count). The minimum Gasteiger partial charge on any atom is -0.370 e. The van der Waals surface area contributed by atoms with Gasteiger partial charge >= 0.3 is 0 Å². The van der Waals surface area contributed by atoms with Crippen molar-refractivity contribution < 1.29 is 0 Å². The predicted molar refractivity (Wildman–Crippen MR) is 78.2 cm³/mol. The van der Waals surface area contributed by atoms with E-state index in [1.165, 1.54) is 0 Å². The van der Waals surface area contributed by atoms with Gasteiger partial charge in [-0.05, 0) is 33.1 Å². The maximum absolute atomic E-state index is 4.50. The topological polar surface area (TPSA) is 49.8 Å². The minimum absolute atomic E-state index is 0.400. The van der Waals surface area contributed by atoms with E-state index in [9.17, 15) is 0 Å². The Balaban J connectivity index is 2.93. The molecule has 0 aromatic carbocycles. The van der Waals surface area contributed by atoms with Crippen LogP contribution < -0.4 is 10.6 Å². The first-order valence-electron chi connectivity index (χ1n) is 6.81. The molecule has 0 aliphatic rings. The van der Waals surface area contributed by atoms with Gasteiger partial charge in [-0.3, -0.25) is 0 Å². The summed E-state index contributed by atoms with van der Waals surface area (Å²) in [7, 11) is 0. The lowest BCUT2D eigenvalue weighted by atomic mass is 10.1. The Bertz CT molecular complexity index is 388. The number of anilines is 2. The average molecular weight is 250 g/mol. The third-order valence-electron chi connectivity index (χ3n) is 3.16. The highest BCUT2D eigenvalue weighted by atomic mass is 15.1. The maximum atomic E-state index is 4.50. The first-order valence-corrected chi connectivity index (χ1v) is 6.81. The number of nitrogens with one attached hydrogen (secondary N) is 2. The molecule has 0 aliphatic heterocycles. The fraction of sp³-hybridized carbons (Fsp3) is 0.714. The molecule has 102 valence electrons. The van der Waals surface area contributed by atoms with Gasteiger partial charge in [-0.2, -0.15) is 0 Å². The number of aryl methyl sites for hydroxylation is 1. The molecule has 1 atom stereocenters.